The van der Waals surface area contributed by atoms with E-state index in [1.165, 1.54) is 16.7 Å². The predicted molar refractivity (Wildman–Crippen MR) is 82.1 cm³/mol. The fourth-order valence-corrected chi connectivity index (χ4v) is 2.48. The monoisotopic (exact) mass is 294 g/mol. The Labute approximate surface area is 126 Å². The number of hydrogen-bond donors (Lipinski definition) is 2. The fraction of sp³-hybridized carbons (Fsp3) is 0.588. The maximum atomic E-state index is 11.2. The van der Waals surface area contributed by atoms with Gasteiger partial charge >= 0.3 is 5.97 Å². The summed E-state index contributed by atoms with van der Waals surface area (Å²) in [6.45, 7) is 6.15. The van der Waals surface area contributed by atoms with E-state index in [1.54, 1.807) is 6.92 Å². The lowest BCUT2D eigenvalue weighted by Crippen LogP contribution is -2.22. The van der Waals surface area contributed by atoms with Gasteiger partial charge in [-0.2, -0.15) is 0 Å². The highest BCUT2D eigenvalue weighted by molar-refractivity contribution is 5.69. The smallest absolute Gasteiger partial charge is 0.308 e. The van der Waals surface area contributed by atoms with E-state index in [0.717, 1.165) is 6.42 Å². The Morgan fingerprint density at radius 3 is 2.38 bits per heavy atom. The Morgan fingerprint density at radius 1 is 1.19 bits per heavy atom. The summed E-state index contributed by atoms with van der Waals surface area (Å²) in [5.74, 6) is -0.424. The van der Waals surface area contributed by atoms with Crippen molar-refractivity contribution in [2.75, 3.05) is 6.61 Å². The second-order valence-electron chi connectivity index (χ2n) is 5.46. The van der Waals surface area contributed by atoms with E-state index in [2.05, 4.69) is 26.0 Å². The Bertz CT molecular complexity index is 436. The molecule has 2 N–H and O–H groups in total. The number of aliphatic hydroxyl groups excluding tert-OH is 2. The number of rotatable bonds is 8. The van der Waals surface area contributed by atoms with Crippen LogP contribution in [0.15, 0.2) is 18.2 Å². The normalized spacial score (nSPS) is 13.8. The van der Waals surface area contributed by atoms with Gasteiger partial charge in [-0.25, -0.2) is 0 Å². The van der Waals surface area contributed by atoms with Gasteiger partial charge in [-0.05, 0) is 56.7 Å². The summed E-state index contributed by atoms with van der Waals surface area (Å²) >= 11 is 0. The van der Waals surface area contributed by atoms with Crippen molar-refractivity contribution in [1.82, 2.24) is 0 Å². The van der Waals surface area contributed by atoms with Gasteiger partial charge in [0, 0.05) is 0 Å². The molecule has 0 aliphatic rings. The lowest BCUT2D eigenvalue weighted by molar-refractivity contribution is -0.145. The van der Waals surface area contributed by atoms with Gasteiger partial charge in [-0.15, -0.1) is 0 Å². The molecule has 0 fully saturated rings. The molecule has 0 amide bonds. The van der Waals surface area contributed by atoms with Crippen LogP contribution in [0, 0.1) is 13.8 Å². The number of benzene rings is 1. The quantitative estimate of drug-likeness (QED) is 0.722. The van der Waals surface area contributed by atoms with Crippen molar-refractivity contribution in [3.8, 4) is 0 Å². The van der Waals surface area contributed by atoms with Crippen LogP contribution >= 0.6 is 0 Å². The molecule has 4 heteroatoms. The van der Waals surface area contributed by atoms with Crippen molar-refractivity contribution in [2.45, 2.75) is 58.7 Å². The van der Waals surface area contributed by atoms with Gasteiger partial charge in [0.2, 0.25) is 0 Å². The zero-order valence-electron chi connectivity index (χ0n) is 13.1. The minimum atomic E-state index is -0.850. The van der Waals surface area contributed by atoms with Crippen LogP contribution in [0.5, 0.6) is 0 Å². The molecule has 1 aromatic carbocycles. The standard InChI is InChI=1S/C17H26O4/c1-4-21-17(20)11-15(19)10-14(18)8-9-16-12(2)6-5-7-13(16)3/h5-7,14-15,18-19H,4,8-11H2,1-3H3. The highest BCUT2D eigenvalue weighted by Gasteiger charge is 2.16. The lowest BCUT2D eigenvalue weighted by atomic mass is 9.95. The van der Waals surface area contributed by atoms with E-state index in [1.807, 2.05) is 6.07 Å². The Morgan fingerprint density at radius 2 is 1.81 bits per heavy atom. The largest absolute Gasteiger partial charge is 0.466 e. The summed E-state index contributed by atoms with van der Waals surface area (Å²) in [7, 11) is 0. The molecule has 0 saturated carbocycles. The van der Waals surface area contributed by atoms with Crippen molar-refractivity contribution in [2.24, 2.45) is 0 Å². The van der Waals surface area contributed by atoms with Gasteiger partial charge in [0.05, 0.1) is 25.2 Å². The van der Waals surface area contributed by atoms with Crippen LogP contribution in [0.4, 0.5) is 0 Å². The number of carbonyl (C=O) groups excluding carboxylic acids is 1. The molecule has 0 saturated heterocycles. The van der Waals surface area contributed by atoms with E-state index < -0.39 is 18.2 Å². The molecule has 0 spiro atoms. The Kier molecular flexibility index (Phi) is 7.40. The molecule has 2 atom stereocenters. The first-order valence-corrected chi connectivity index (χ1v) is 7.50. The van der Waals surface area contributed by atoms with Gasteiger partial charge in [0.1, 0.15) is 0 Å². The van der Waals surface area contributed by atoms with Gasteiger partial charge in [-0.1, -0.05) is 18.2 Å². The van der Waals surface area contributed by atoms with Gasteiger partial charge in [0.25, 0.3) is 0 Å². The van der Waals surface area contributed by atoms with E-state index in [0.29, 0.717) is 13.0 Å². The van der Waals surface area contributed by atoms with Crippen molar-refractivity contribution in [3.63, 3.8) is 0 Å². The van der Waals surface area contributed by atoms with Crippen molar-refractivity contribution >= 4 is 5.97 Å². The Balaban J connectivity index is 2.40. The summed E-state index contributed by atoms with van der Waals surface area (Å²) in [6.07, 6.45) is 0.0144. The molecule has 2 unspecified atom stereocenters. The van der Waals surface area contributed by atoms with Gasteiger partial charge in [-0.3, -0.25) is 4.79 Å². The molecule has 0 bridgehead atoms. The summed E-state index contributed by atoms with van der Waals surface area (Å²) in [5, 5.41) is 19.8. The summed E-state index contributed by atoms with van der Waals surface area (Å²) in [6, 6.07) is 6.14. The average molecular weight is 294 g/mol. The zero-order valence-corrected chi connectivity index (χ0v) is 13.1. The number of aryl methyl sites for hydroxylation is 2. The number of aliphatic hydroxyl groups is 2. The molecule has 0 radical (unpaired) electrons. The maximum absolute atomic E-state index is 11.2. The molecule has 0 aliphatic heterocycles. The summed E-state index contributed by atoms with van der Waals surface area (Å²) in [5.41, 5.74) is 3.68. The van der Waals surface area contributed by atoms with Crippen LogP contribution in [-0.4, -0.2) is 35.0 Å². The SMILES string of the molecule is CCOC(=O)CC(O)CC(O)CCc1c(C)cccc1C. The molecule has 0 aromatic heterocycles. The second-order valence-corrected chi connectivity index (χ2v) is 5.46. The lowest BCUT2D eigenvalue weighted by Gasteiger charge is -2.16. The molecule has 21 heavy (non-hydrogen) atoms. The molecule has 1 aromatic rings. The van der Waals surface area contributed by atoms with Crippen LogP contribution in [0.25, 0.3) is 0 Å². The first-order valence-electron chi connectivity index (χ1n) is 7.50. The third-order valence-electron chi connectivity index (χ3n) is 3.62. The average Bonchev–Trinajstić information content (AvgIpc) is 2.37. The van der Waals surface area contributed by atoms with Gasteiger partial charge in [0.15, 0.2) is 0 Å². The third-order valence-corrected chi connectivity index (χ3v) is 3.62. The first kappa shape index (κ1) is 17.7. The van der Waals surface area contributed by atoms with E-state index >= 15 is 0 Å². The molecule has 0 aliphatic carbocycles. The maximum Gasteiger partial charge on any atom is 0.308 e. The van der Waals surface area contributed by atoms with Crippen molar-refractivity contribution < 1.29 is 19.7 Å². The fourth-order valence-electron chi connectivity index (χ4n) is 2.48. The van der Waals surface area contributed by atoms with Crippen LogP contribution in [0.1, 0.15) is 42.9 Å². The van der Waals surface area contributed by atoms with Crippen LogP contribution in [0.3, 0.4) is 0 Å². The number of ether oxygens (including phenoxy) is 1. The van der Waals surface area contributed by atoms with E-state index in [9.17, 15) is 15.0 Å². The predicted octanol–water partition coefficient (Wildman–Crippen LogP) is 2.30. The molecule has 4 nitrogen and oxygen atoms in total. The van der Waals surface area contributed by atoms with E-state index in [-0.39, 0.29) is 12.8 Å². The number of esters is 1. The van der Waals surface area contributed by atoms with Crippen LogP contribution in [0.2, 0.25) is 0 Å². The van der Waals surface area contributed by atoms with E-state index in [4.69, 9.17) is 4.74 Å². The van der Waals surface area contributed by atoms with Crippen molar-refractivity contribution in [1.29, 1.82) is 0 Å². The minimum Gasteiger partial charge on any atom is -0.466 e. The number of carbonyl (C=O) groups is 1. The summed E-state index contributed by atoms with van der Waals surface area (Å²) < 4.78 is 4.77. The molecule has 1 rings (SSSR count). The zero-order chi connectivity index (χ0) is 15.8. The Hall–Kier alpha value is -1.39. The highest BCUT2D eigenvalue weighted by atomic mass is 16.5. The summed E-state index contributed by atoms with van der Waals surface area (Å²) in [4.78, 5) is 11.2. The molecule has 118 valence electrons. The molecular weight excluding hydrogens is 268 g/mol. The molecule has 0 heterocycles. The van der Waals surface area contributed by atoms with Crippen molar-refractivity contribution in [3.05, 3.63) is 34.9 Å². The van der Waals surface area contributed by atoms with Crippen LogP contribution in [-0.2, 0) is 16.0 Å². The third kappa shape index (κ3) is 6.27. The topological polar surface area (TPSA) is 66.8 Å². The van der Waals surface area contributed by atoms with Crippen LogP contribution < -0.4 is 0 Å². The molecular formula is C17H26O4. The highest BCUT2D eigenvalue weighted by Crippen LogP contribution is 2.17. The number of hydrogen-bond acceptors (Lipinski definition) is 4. The first-order chi connectivity index (χ1) is 9.93. The second kappa shape index (κ2) is 8.80. The minimum absolute atomic E-state index is 0.0612. The van der Waals surface area contributed by atoms with Gasteiger partial charge < -0.3 is 14.9 Å².